The Hall–Kier alpha value is -2.07. The van der Waals surface area contributed by atoms with Crippen LogP contribution in [0.25, 0.3) is 10.8 Å². The van der Waals surface area contributed by atoms with Crippen LogP contribution >= 0.6 is 0 Å². The maximum Gasteiger partial charge on any atom is 0.229 e. The number of rotatable bonds is 2. The number of anilines is 1. The third kappa shape index (κ3) is 2.23. The number of phenols is 1. The summed E-state index contributed by atoms with van der Waals surface area (Å²) >= 11 is 0. The summed E-state index contributed by atoms with van der Waals surface area (Å²) in [7, 11) is 0. The molecule has 0 aromatic heterocycles. The maximum absolute atomic E-state index is 12.3. The van der Waals surface area contributed by atoms with Crippen LogP contribution < -0.4 is 11.1 Å². The molecule has 4 heteroatoms. The topological polar surface area (TPSA) is 75.4 Å². The van der Waals surface area contributed by atoms with E-state index in [0.717, 1.165) is 35.7 Å². The molecule has 1 saturated carbocycles. The molecule has 4 N–H and O–H groups in total. The van der Waals surface area contributed by atoms with Crippen molar-refractivity contribution in [2.24, 2.45) is 11.7 Å². The largest absolute Gasteiger partial charge is 0.507 e. The quantitative estimate of drug-likeness (QED) is 0.785. The highest BCUT2D eigenvalue weighted by Gasteiger charge is 2.30. The number of nitrogens with one attached hydrogen (secondary N) is 1. The molecule has 1 aliphatic rings. The monoisotopic (exact) mass is 270 g/mol. The van der Waals surface area contributed by atoms with Gasteiger partial charge < -0.3 is 16.2 Å². The minimum absolute atomic E-state index is 0.0224. The van der Waals surface area contributed by atoms with Crippen LogP contribution in [0.1, 0.15) is 19.3 Å². The zero-order valence-electron chi connectivity index (χ0n) is 11.2. The average molecular weight is 270 g/mol. The first-order chi connectivity index (χ1) is 9.66. The second kappa shape index (κ2) is 5.13. The van der Waals surface area contributed by atoms with Crippen molar-refractivity contribution < 1.29 is 9.90 Å². The van der Waals surface area contributed by atoms with Gasteiger partial charge in [0.2, 0.25) is 5.91 Å². The summed E-state index contributed by atoms with van der Waals surface area (Å²) in [6, 6.07) is 10.8. The Kier molecular flexibility index (Phi) is 3.32. The SMILES string of the molecule is NC1CCCC1C(=O)Nc1cccc2c(O)cccc12. The second-order valence-corrected chi connectivity index (χ2v) is 5.37. The van der Waals surface area contributed by atoms with Gasteiger partial charge in [-0.3, -0.25) is 4.79 Å². The first kappa shape index (κ1) is 12.9. The van der Waals surface area contributed by atoms with Gasteiger partial charge in [0.05, 0.1) is 5.92 Å². The van der Waals surface area contributed by atoms with Gasteiger partial charge in [-0.1, -0.05) is 30.7 Å². The van der Waals surface area contributed by atoms with Crippen LogP contribution in [0.2, 0.25) is 0 Å². The van der Waals surface area contributed by atoms with E-state index in [1.54, 1.807) is 12.1 Å². The molecule has 2 atom stereocenters. The average Bonchev–Trinajstić information content (AvgIpc) is 2.86. The van der Waals surface area contributed by atoms with Crippen LogP contribution in [0.3, 0.4) is 0 Å². The summed E-state index contributed by atoms with van der Waals surface area (Å²) in [5.74, 6) is 0.0876. The van der Waals surface area contributed by atoms with Crippen LogP contribution in [-0.2, 0) is 4.79 Å². The Bertz CT molecular complexity index is 654. The molecule has 1 fully saturated rings. The predicted molar refractivity (Wildman–Crippen MR) is 79.6 cm³/mol. The van der Waals surface area contributed by atoms with E-state index in [2.05, 4.69) is 5.32 Å². The van der Waals surface area contributed by atoms with Crippen molar-refractivity contribution in [3.05, 3.63) is 36.4 Å². The minimum Gasteiger partial charge on any atom is -0.507 e. The van der Waals surface area contributed by atoms with Crippen molar-refractivity contribution in [2.75, 3.05) is 5.32 Å². The highest BCUT2D eigenvalue weighted by Crippen LogP contribution is 2.31. The van der Waals surface area contributed by atoms with Crippen molar-refractivity contribution in [1.82, 2.24) is 0 Å². The van der Waals surface area contributed by atoms with Gasteiger partial charge >= 0.3 is 0 Å². The van der Waals surface area contributed by atoms with Crippen molar-refractivity contribution in [2.45, 2.75) is 25.3 Å². The third-order valence-corrected chi connectivity index (χ3v) is 4.06. The number of carbonyl (C=O) groups excluding carboxylic acids is 1. The molecular formula is C16H18N2O2. The number of hydrogen-bond acceptors (Lipinski definition) is 3. The Balaban J connectivity index is 1.91. The first-order valence-corrected chi connectivity index (χ1v) is 6.94. The van der Waals surface area contributed by atoms with Gasteiger partial charge in [-0.15, -0.1) is 0 Å². The van der Waals surface area contributed by atoms with E-state index >= 15 is 0 Å². The number of benzene rings is 2. The Morgan fingerprint density at radius 3 is 2.65 bits per heavy atom. The van der Waals surface area contributed by atoms with Gasteiger partial charge in [-0.25, -0.2) is 0 Å². The van der Waals surface area contributed by atoms with E-state index in [1.807, 2.05) is 24.3 Å². The van der Waals surface area contributed by atoms with Gasteiger partial charge in [0, 0.05) is 22.5 Å². The van der Waals surface area contributed by atoms with Crippen LogP contribution in [0, 0.1) is 5.92 Å². The van der Waals surface area contributed by atoms with Crippen molar-refractivity contribution in [3.8, 4) is 5.75 Å². The lowest BCUT2D eigenvalue weighted by atomic mass is 10.0. The van der Waals surface area contributed by atoms with E-state index in [-0.39, 0.29) is 23.6 Å². The molecule has 0 aliphatic heterocycles. The number of amides is 1. The number of fused-ring (bicyclic) bond motifs is 1. The zero-order valence-corrected chi connectivity index (χ0v) is 11.2. The lowest BCUT2D eigenvalue weighted by Crippen LogP contribution is -2.34. The predicted octanol–water partition coefficient (Wildman–Crippen LogP) is 2.61. The molecule has 1 aliphatic carbocycles. The summed E-state index contributed by atoms with van der Waals surface area (Å²) in [5.41, 5.74) is 6.69. The zero-order chi connectivity index (χ0) is 14.1. The summed E-state index contributed by atoms with van der Waals surface area (Å²) in [4.78, 5) is 12.3. The molecule has 3 rings (SSSR count). The van der Waals surface area contributed by atoms with E-state index in [9.17, 15) is 9.90 Å². The van der Waals surface area contributed by atoms with Crippen LogP contribution in [0.5, 0.6) is 5.75 Å². The summed E-state index contributed by atoms with van der Waals surface area (Å²) < 4.78 is 0. The molecule has 0 bridgehead atoms. The molecule has 20 heavy (non-hydrogen) atoms. The van der Waals surface area contributed by atoms with Gasteiger partial charge in [0.15, 0.2) is 0 Å². The maximum atomic E-state index is 12.3. The van der Waals surface area contributed by atoms with Crippen molar-refractivity contribution >= 4 is 22.4 Å². The Labute approximate surface area is 117 Å². The van der Waals surface area contributed by atoms with Crippen LogP contribution in [0.15, 0.2) is 36.4 Å². The molecule has 2 aromatic carbocycles. The first-order valence-electron chi connectivity index (χ1n) is 6.94. The second-order valence-electron chi connectivity index (χ2n) is 5.37. The summed E-state index contributed by atoms with van der Waals surface area (Å²) in [6.07, 6.45) is 2.77. The molecule has 0 saturated heterocycles. The van der Waals surface area contributed by atoms with E-state index in [0.29, 0.717) is 0 Å². The van der Waals surface area contributed by atoms with Gasteiger partial charge in [-0.05, 0) is 25.0 Å². The molecule has 4 nitrogen and oxygen atoms in total. The molecule has 2 unspecified atom stereocenters. The Morgan fingerprint density at radius 2 is 1.90 bits per heavy atom. The van der Waals surface area contributed by atoms with Gasteiger partial charge in [0.25, 0.3) is 0 Å². The number of carbonyl (C=O) groups is 1. The fourth-order valence-corrected chi connectivity index (χ4v) is 2.94. The van der Waals surface area contributed by atoms with Crippen LogP contribution in [-0.4, -0.2) is 17.1 Å². The molecular weight excluding hydrogens is 252 g/mol. The molecule has 2 aromatic rings. The van der Waals surface area contributed by atoms with Crippen LogP contribution in [0.4, 0.5) is 5.69 Å². The van der Waals surface area contributed by atoms with E-state index < -0.39 is 0 Å². The van der Waals surface area contributed by atoms with Crippen molar-refractivity contribution in [3.63, 3.8) is 0 Å². The number of nitrogens with two attached hydrogens (primary N) is 1. The number of aromatic hydroxyl groups is 1. The van der Waals surface area contributed by atoms with E-state index in [4.69, 9.17) is 5.73 Å². The fourth-order valence-electron chi connectivity index (χ4n) is 2.94. The number of hydrogen-bond donors (Lipinski definition) is 3. The summed E-state index contributed by atoms with van der Waals surface area (Å²) in [5, 5.41) is 14.4. The Morgan fingerprint density at radius 1 is 1.15 bits per heavy atom. The standard InChI is InChI=1S/C16H18N2O2/c17-13-7-1-6-12(13)16(20)18-14-8-2-5-11-10(14)4-3-9-15(11)19/h2-5,8-9,12-13,19H,1,6-7,17H2,(H,18,20). The molecule has 104 valence electrons. The lowest BCUT2D eigenvalue weighted by molar-refractivity contribution is -0.120. The fraction of sp³-hybridized carbons (Fsp3) is 0.312. The lowest BCUT2D eigenvalue weighted by Gasteiger charge is -2.16. The molecule has 0 radical (unpaired) electrons. The molecule has 1 amide bonds. The normalized spacial score (nSPS) is 22.1. The minimum atomic E-state index is -0.109. The van der Waals surface area contributed by atoms with Crippen molar-refractivity contribution in [1.29, 1.82) is 0 Å². The van der Waals surface area contributed by atoms with E-state index in [1.165, 1.54) is 0 Å². The number of phenolic OH excluding ortho intramolecular Hbond substituents is 1. The third-order valence-electron chi connectivity index (χ3n) is 4.06. The van der Waals surface area contributed by atoms with Gasteiger partial charge in [0.1, 0.15) is 5.75 Å². The molecule has 0 spiro atoms. The smallest absolute Gasteiger partial charge is 0.229 e. The molecule has 0 heterocycles. The highest BCUT2D eigenvalue weighted by molar-refractivity contribution is 6.04. The summed E-state index contributed by atoms with van der Waals surface area (Å²) in [6.45, 7) is 0. The van der Waals surface area contributed by atoms with Gasteiger partial charge in [-0.2, -0.15) is 0 Å². The highest BCUT2D eigenvalue weighted by atomic mass is 16.3.